The van der Waals surface area contributed by atoms with Gasteiger partial charge in [0.1, 0.15) is 0 Å². The largest absolute Gasteiger partial charge is 0.393 e. The minimum atomic E-state index is -0.172. The Balaban J connectivity index is 2.95. The quantitative estimate of drug-likeness (QED) is 0.718. The van der Waals surface area contributed by atoms with Gasteiger partial charge in [-0.3, -0.25) is 0 Å². The summed E-state index contributed by atoms with van der Waals surface area (Å²) in [5, 5.41) is 9.82. The minimum absolute atomic E-state index is 0.0880. The Morgan fingerprint density at radius 1 is 1.47 bits per heavy atom. The molecule has 0 aromatic carbocycles. The van der Waals surface area contributed by atoms with Crippen molar-refractivity contribution < 1.29 is 5.11 Å². The fourth-order valence-corrected chi connectivity index (χ4v) is 2.78. The van der Waals surface area contributed by atoms with Gasteiger partial charge >= 0.3 is 0 Å². The van der Waals surface area contributed by atoms with Crippen molar-refractivity contribution in [2.45, 2.75) is 60.0 Å². The van der Waals surface area contributed by atoms with Crippen LogP contribution in [0.3, 0.4) is 0 Å². The number of aliphatic hydroxyl groups excluding tert-OH is 1. The van der Waals surface area contributed by atoms with Crippen LogP contribution in [0.2, 0.25) is 0 Å². The lowest BCUT2D eigenvalue weighted by Gasteiger charge is -2.35. The summed E-state index contributed by atoms with van der Waals surface area (Å²) in [6.07, 6.45) is 9.26. The Hall–Kier alpha value is -0.820. The lowest BCUT2D eigenvalue weighted by molar-refractivity contribution is 0.116. The van der Waals surface area contributed by atoms with Crippen LogP contribution in [-0.2, 0) is 0 Å². The van der Waals surface area contributed by atoms with Crippen LogP contribution in [0.1, 0.15) is 53.9 Å². The number of aliphatic hydroxyl groups is 1. The topological polar surface area (TPSA) is 20.2 Å². The Morgan fingerprint density at radius 3 is 2.65 bits per heavy atom. The second-order valence-electron chi connectivity index (χ2n) is 5.83. The van der Waals surface area contributed by atoms with Gasteiger partial charge in [0.2, 0.25) is 0 Å². The second-order valence-corrected chi connectivity index (χ2v) is 5.83. The summed E-state index contributed by atoms with van der Waals surface area (Å²) in [7, 11) is 0. The average Bonchev–Trinajstić information content (AvgIpc) is 2.14. The fourth-order valence-electron chi connectivity index (χ4n) is 2.78. The maximum Gasteiger partial charge on any atom is 0.0585 e. The molecule has 0 fully saturated rings. The average molecular weight is 234 g/mol. The van der Waals surface area contributed by atoms with Gasteiger partial charge < -0.3 is 5.11 Å². The number of hydrogen-bond acceptors (Lipinski definition) is 1. The Kier molecular flexibility index (Phi) is 4.76. The smallest absolute Gasteiger partial charge is 0.0585 e. The normalized spacial score (nSPS) is 25.8. The highest BCUT2D eigenvalue weighted by molar-refractivity contribution is 5.36. The van der Waals surface area contributed by atoms with E-state index in [1.165, 1.54) is 16.7 Å². The third-order valence-electron chi connectivity index (χ3n) is 3.52. The van der Waals surface area contributed by atoms with Crippen molar-refractivity contribution in [1.29, 1.82) is 0 Å². The molecule has 0 aromatic heterocycles. The summed E-state index contributed by atoms with van der Waals surface area (Å²) >= 11 is 0. The van der Waals surface area contributed by atoms with Gasteiger partial charge in [0.15, 0.2) is 0 Å². The van der Waals surface area contributed by atoms with Crippen LogP contribution < -0.4 is 0 Å². The van der Waals surface area contributed by atoms with Gasteiger partial charge in [-0.1, -0.05) is 50.1 Å². The molecule has 0 bridgehead atoms. The Morgan fingerprint density at radius 2 is 2.12 bits per heavy atom. The van der Waals surface area contributed by atoms with Crippen LogP contribution in [0.4, 0.5) is 0 Å². The molecule has 0 radical (unpaired) electrons. The van der Waals surface area contributed by atoms with E-state index in [-0.39, 0.29) is 11.5 Å². The highest BCUT2D eigenvalue weighted by atomic mass is 16.3. The molecular formula is C16H26O. The number of rotatable bonds is 3. The molecule has 1 aliphatic carbocycles. The lowest BCUT2D eigenvalue weighted by atomic mass is 9.71. The summed E-state index contributed by atoms with van der Waals surface area (Å²) in [5.41, 5.74) is 4.13. The van der Waals surface area contributed by atoms with E-state index in [2.05, 4.69) is 52.8 Å². The molecule has 1 heteroatoms. The van der Waals surface area contributed by atoms with E-state index in [0.717, 1.165) is 19.3 Å². The molecule has 0 amide bonds. The van der Waals surface area contributed by atoms with Crippen LogP contribution in [-0.4, -0.2) is 11.2 Å². The third kappa shape index (κ3) is 3.85. The maximum absolute atomic E-state index is 9.82. The van der Waals surface area contributed by atoms with Crippen molar-refractivity contribution in [3.8, 4) is 0 Å². The molecule has 0 spiro atoms. The first-order valence-corrected chi connectivity index (χ1v) is 6.60. The monoisotopic (exact) mass is 234 g/mol. The lowest BCUT2D eigenvalue weighted by Crippen LogP contribution is -2.28. The van der Waals surface area contributed by atoms with Crippen LogP contribution in [0.25, 0.3) is 0 Å². The summed E-state index contributed by atoms with van der Waals surface area (Å²) in [6, 6.07) is 0. The van der Waals surface area contributed by atoms with E-state index in [0.29, 0.717) is 0 Å². The molecule has 1 nitrogen and oxygen atoms in total. The predicted molar refractivity (Wildman–Crippen MR) is 74.9 cm³/mol. The molecule has 1 aliphatic rings. The zero-order valence-corrected chi connectivity index (χ0v) is 11.9. The Bertz CT molecular complexity index is 356. The molecule has 1 rings (SSSR count). The van der Waals surface area contributed by atoms with Crippen molar-refractivity contribution in [2.24, 2.45) is 5.41 Å². The molecule has 1 N–H and O–H groups in total. The summed E-state index contributed by atoms with van der Waals surface area (Å²) < 4.78 is 0. The number of allylic oxidation sites excluding steroid dienone is 5. The zero-order chi connectivity index (χ0) is 13.1. The van der Waals surface area contributed by atoms with E-state index in [1.807, 2.05) is 0 Å². The molecule has 0 heterocycles. The van der Waals surface area contributed by atoms with Crippen molar-refractivity contribution in [2.75, 3.05) is 0 Å². The van der Waals surface area contributed by atoms with Gasteiger partial charge in [-0.2, -0.15) is 0 Å². The Labute approximate surface area is 106 Å². The van der Waals surface area contributed by atoms with Crippen molar-refractivity contribution >= 4 is 0 Å². The molecule has 0 aliphatic heterocycles. The molecule has 96 valence electrons. The molecule has 0 saturated heterocycles. The SMILES string of the molecule is CCC=C(C)C=CC1=C(C)CC(O)CC1(C)C. The van der Waals surface area contributed by atoms with Gasteiger partial charge in [0, 0.05) is 0 Å². The van der Waals surface area contributed by atoms with E-state index >= 15 is 0 Å². The van der Waals surface area contributed by atoms with Crippen molar-refractivity contribution in [3.63, 3.8) is 0 Å². The summed E-state index contributed by atoms with van der Waals surface area (Å²) in [5.74, 6) is 0. The maximum atomic E-state index is 9.82. The first-order chi connectivity index (χ1) is 7.86. The minimum Gasteiger partial charge on any atom is -0.393 e. The molecule has 1 atom stereocenters. The van der Waals surface area contributed by atoms with Crippen LogP contribution in [0.15, 0.2) is 34.9 Å². The second kappa shape index (κ2) is 5.68. The molecular weight excluding hydrogens is 208 g/mol. The van der Waals surface area contributed by atoms with E-state index in [9.17, 15) is 5.11 Å². The number of hydrogen-bond donors (Lipinski definition) is 1. The van der Waals surface area contributed by atoms with Crippen molar-refractivity contribution in [1.82, 2.24) is 0 Å². The zero-order valence-electron chi connectivity index (χ0n) is 11.9. The summed E-state index contributed by atoms with van der Waals surface area (Å²) in [6.45, 7) is 10.9. The van der Waals surface area contributed by atoms with E-state index in [4.69, 9.17) is 0 Å². The van der Waals surface area contributed by atoms with Crippen LogP contribution >= 0.6 is 0 Å². The van der Waals surface area contributed by atoms with Gasteiger partial charge in [-0.05, 0) is 44.1 Å². The van der Waals surface area contributed by atoms with Crippen LogP contribution in [0, 0.1) is 5.41 Å². The standard InChI is InChI=1S/C16H26O/c1-6-7-12(2)8-9-15-13(3)10-14(17)11-16(15,4)5/h7-9,14,17H,6,10-11H2,1-5H3. The molecule has 1 unspecified atom stereocenters. The fraction of sp³-hybridized carbons (Fsp3) is 0.625. The van der Waals surface area contributed by atoms with Gasteiger partial charge in [-0.15, -0.1) is 0 Å². The van der Waals surface area contributed by atoms with E-state index in [1.54, 1.807) is 0 Å². The molecule has 17 heavy (non-hydrogen) atoms. The van der Waals surface area contributed by atoms with E-state index < -0.39 is 0 Å². The molecule has 0 aromatic rings. The predicted octanol–water partition coefficient (Wildman–Crippen LogP) is 4.40. The van der Waals surface area contributed by atoms with Gasteiger partial charge in [0.05, 0.1) is 6.10 Å². The van der Waals surface area contributed by atoms with Gasteiger partial charge in [0.25, 0.3) is 0 Å². The highest BCUT2D eigenvalue weighted by Gasteiger charge is 2.31. The first-order valence-electron chi connectivity index (χ1n) is 6.60. The van der Waals surface area contributed by atoms with Crippen molar-refractivity contribution in [3.05, 3.63) is 34.9 Å². The molecule has 0 saturated carbocycles. The highest BCUT2D eigenvalue weighted by Crippen LogP contribution is 2.40. The third-order valence-corrected chi connectivity index (χ3v) is 3.52. The van der Waals surface area contributed by atoms with Crippen LogP contribution in [0.5, 0.6) is 0 Å². The first kappa shape index (κ1) is 14.2. The van der Waals surface area contributed by atoms with Gasteiger partial charge in [-0.25, -0.2) is 0 Å². The summed E-state index contributed by atoms with van der Waals surface area (Å²) in [4.78, 5) is 0.